The number of para-hydroxylation sites is 1. The van der Waals surface area contributed by atoms with E-state index in [-0.39, 0.29) is 0 Å². The summed E-state index contributed by atoms with van der Waals surface area (Å²) >= 11 is 3.52. The quantitative estimate of drug-likeness (QED) is 0.859. The van der Waals surface area contributed by atoms with Crippen molar-refractivity contribution in [1.82, 2.24) is 9.88 Å². The predicted octanol–water partition coefficient (Wildman–Crippen LogP) is 2.71. The van der Waals surface area contributed by atoms with Gasteiger partial charge in [-0.3, -0.25) is 4.90 Å². The second-order valence-corrected chi connectivity index (χ2v) is 5.62. The van der Waals surface area contributed by atoms with Gasteiger partial charge in [-0.1, -0.05) is 12.1 Å². The van der Waals surface area contributed by atoms with Gasteiger partial charge in [0, 0.05) is 35.6 Å². The first kappa shape index (κ1) is 13.8. The van der Waals surface area contributed by atoms with Gasteiger partial charge in [-0.05, 0) is 28.1 Å². The summed E-state index contributed by atoms with van der Waals surface area (Å²) in [7, 11) is 0. The lowest BCUT2D eigenvalue weighted by Gasteiger charge is -2.26. The zero-order chi connectivity index (χ0) is 13.8. The maximum absolute atomic E-state index is 5.76. The molecule has 1 saturated heterocycles. The number of nitrogens with zero attached hydrogens (tertiary/aromatic N) is 2. The molecule has 1 aliphatic heterocycles. The van der Waals surface area contributed by atoms with E-state index in [1.165, 1.54) is 0 Å². The number of aromatic nitrogens is 1. The first-order valence-corrected chi connectivity index (χ1v) is 7.60. The second-order valence-electron chi connectivity index (χ2n) is 4.76. The molecule has 0 amide bonds. The van der Waals surface area contributed by atoms with Crippen LogP contribution in [0.4, 0.5) is 0 Å². The van der Waals surface area contributed by atoms with Crippen LogP contribution in [0.1, 0.15) is 0 Å². The van der Waals surface area contributed by atoms with Crippen molar-refractivity contribution in [2.75, 3.05) is 39.5 Å². The lowest BCUT2D eigenvalue weighted by Crippen LogP contribution is -2.38. The van der Waals surface area contributed by atoms with Gasteiger partial charge in [0.25, 0.3) is 0 Å². The fourth-order valence-electron chi connectivity index (χ4n) is 2.28. The summed E-state index contributed by atoms with van der Waals surface area (Å²) in [4.78, 5) is 6.89. The average Bonchev–Trinajstić information content (AvgIpc) is 2.49. The summed E-state index contributed by atoms with van der Waals surface area (Å²) in [5.41, 5.74) is 0.941. The third kappa shape index (κ3) is 3.29. The highest BCUT2D eigenvalue weighted by Crippen LogP contribution is 2.24. The molecule has 2 heterocycles. The maximum atomic E-state index is 5.76. The van der Waals surface area contributed by atoms with Crippen LogP contribution in [0.3, 0.4) is 0 Å². The highest BCUT2D eigenvalue weighted by atomic mass is 79.9. The van der Waals surface area contributed by atoms with Crippen molar-refractivity contribution in [2.24, 2.45) is 0 Å². The number of benzene rings is 1. The van der Waals surface area contributed by atoms with Crippen LogP contribution in [0.2, 0.25) is 0 Å². The van der Waals surface area contributed by atoms with Crippen molar-refractivity contribution in [3.8, 4) is 5.88 Å². The molecule has 0 spiro atoms. The van der Waals surface area contributed by atoms with Crippen LogP contribution in [-0.2, 0) is 4.74 Å². The van der Waals surface area contributed by atoms with Crippen LogP contribution >= 0.6 is 15.9 Å². The SMILES string of the molecule is Brc1cccc2ccc(OCCN3CCOCC3)nc12. The third-order valence-electron chi connectivity index (χ3n) is 3.41. The first-order chi connectivity index (χ1) is 9.83. The average molecular weight is 337 g/mol. The summed E-state index contributed by atoms with van der Waals surface area (Å²) in [5.74, 6) is 0.678. The Morgan fingerprint density at radius 1 is 1.20 bits per heavy atom. The molecule has 106 valence electrons. The minimum Gasteiger partial charge on any atom is -0.476 e. The lowest BCUT2D eigenvalue weighted by molar-refractivity contribution is 0.0320. The number of morpholine rings is 1. The van der Waals surface area contributed by atoms with E-state index in [4.69, 9.17) is 9.47 Å². The van der Waals surface area contributed by atoms with E-state index >= 15 is 0 Å². The lowest BCUT2D eigenvalue weighted by atomic mass is 10.2. The standard InChI is InChI=1S/C15H17BrN2O2/c16-13-3-1-2-12-4-5-14(17-15(12)13)20-11-8-18-6-9-19-10-7-18/h1-5H,6-11H2. The van der Waals surface area contributed by atoms with Gasteiger partial charge in [0.05, 0.1) is 18.7 Å². The Morgan fingerprint density at radius 2 is 2.05 bits per heavy atom. The molecule has 0 saturated carbocycles. The van der Waals surface area contributed by atoms with E-state index in [1.807, 2.05) is 30.3 Å². The monoisotopic (exact) mass is 336 g/mol. The fraction of sp³-hybridized carbons (Fsp3) is 0.400. The molecule has 5 heteroatoms. The normalized spacial score (nSPS) is 16.4. The summed E-state index contributed by atoms with van der Waals surface area (Å²) < 4.78 is 12.1. The van der Waals surface area contributed by atoms with Crippen LogP contribution in [0, 0.1) is 0 Å². The molecule has 0 unspecified atom stereocenters. The minimum atomic E-state index is 0.656. The molecule has 3 rings (SSSR count). The van der Waals surface area contributed by atoms with Crippen LogP contribution in [0.5, 0.6) is 5.88 Å². The van der Waals surface area contributed by atoms with Crippen molar-refractivity contribution in [1.29, 1.82) is 0 Å². The molecule has 0 radical (unpaired) electrons. The van der Waals surface area contributed by atoms with E-state index in [2.05, 4.69) is 25.8 Å². The molecule has 1 aliphatic rings. The zero-order valence-corrected chi connectivity index (χ0v) is 12.8. The van der Waals surface area contributed by atoms with E-state index in [0.717, 1.165) is 48.2 Å². The van der Waals surface area contributed by atoms with Crippen LogP contribution < -0.4 is 4.74 Å². The van der Waals surface area contributed by atoms with Gasteiger partial charge in [-0.25, -0.2) is 4.98 Å². The molecule has 1 aromatic heterocycles. The van der Waals surface area contributed by atoms with Crippen molar-refractivity contribution in [2.45, 2.75) is 0 Å². The predicted molar refractivity (Wildman–Crippen MR) is 82.2 cm³/mol. The van der Waals surface area contributed by atoms with E-state index in [9.17, 15) is 0 Å². The van der Waals surface area contributed by atoms with Crippen LogP contribution in [0.25, 0.3) is 10.9 Å². The van der Waals surface area contributed by atoms with Crippen LogP contribution in [0.15, 0.2) is 34.8 Å². The number of hydrogen-bond acceptors (Lipinski definition) is 4. The largest absolute Gasteiger partial charge is 0.476 e. The molecule has 0 atom stereocenters. The highest BCUT2D eigenvalue weighted by molar-refractivity contribution is 9.10. The summed E-state index contributed by atoms with van der Waals surface area (Å²) in [6.07, 6.45) is 0. The number of ether oxygens (including phenoxy) is 2. The Hall–Kier alpha value is -1.17. The second kappa shape index (κ2) is 6.52. The molecule has 0 bridgehead atoms. The van der Waals surface area contributed by atoms with Gasteiger partial charge >= 0.3 is 0 Å². The number of rotatable bonds is 4. The van der Waals surface area contributed by atoms with Gasteiger partial charge in [0.15, 0.2) is 0 Å². The Labute approximate surface area is 126 Å². The van der Waals surface area contributed by atoms with E-state index < -0.39 is 0 Å². The first-order valence-electron chi connectivity index (χ1n) is 6.81. The van der Waals surface area contributed by atoms with Gasteiger partial charge in [0.1, 0.15) is 6.61 Å². The molecule has 1 fully saturated rings. The Kier molecular flexibility index (Phi) is 4.50. The molecule has 0 N–H and O–H groups in total. The van der Waals surface area contributed by atoms with Gasteiger partial charge in [-0.15, -0.1) is 0 Å². The van der Waals surface area contributed by atoms with Gasteiger partial charge in [-0.2, -0.15) is 0 Å². The third-order valence-corrected chi connectivity index (χ3v) is 4.05. The van der Waals surface area contributed by atoms with E-state index in [1.54, 1.807) is 0 Å². The minimum absolute atomic E-state index is 0.656. The fourth-order valence-corrected chi connectivity index (χ4v) is 2.75. The van der Waals surface area contributed by atoms with E-state index in [0.29, 0.717) is 12.5 Å². The summed E-state index contributed by atoms with van der Waals surface area (Å²) in [6.45, 7) is 5.18. The molecule has 0 aliphatic carbocycles. The Balaban J connectivity index is 1.61. The molecule has 2 aromatic rings. The number of fused-ring (bicyclic) bond motifs is 1. The van der Waals surface area contributed by atoms with Crippen molar-refractivity contribution >= 4 is 26.8 Å². The highest BCUT2D eigenvalue weighted by Gasteiger charge is 2.10. The van der Waals surface area contributed by atoms with Gasteiger partial charge < -0.3 is 9.47 Å². The Morgan fingerprint density at radius 3 is 2.90 bits per heavy atom. The molecular formula is C15H17BrN2O2. The molecular weight excluding hydrogens is 320 g/mol. The van der Waals surface area contributed by atoms with Crippen molar-refractivity contribution in [3.05, 3.63) is 34.8 Å². The number of pyridine rings is 1. The Bertz CT molecular complexity index is 585. The van der Waals surface area contributed by atoms with Crippen LogP contribution in [-0.4, -0.2) is 49.3 Å². The van der Waals surface area contributed by atoms with Crippen molar-refractivity contribution in [3.63, 3.8) is 0 Å². The summed E-state index contributed by atoms with van der Waals surface area (Å²) in [5, 5.41) is 1.11. The van der Waals surface area contributed by atoms with Crippen molar-refractivity contribution < 1.29 is 9.47 Å². The smallest absolute Gasteiger partial charge is 0.213 e. The number of hydrogen-bond donors (Lipinski definition) is 0. The zero-order valence-electron chi connectivity index (χ0n) is 11.2. The molecule has 4 nitrogen and oxygen atoms in total. The maximum Gasteiger partial charge on any atom is 0.213 e. The topological polar surface area (TPSA) is 34.6 Å². The molecule has 1 aromatic carbocycles. The molecule has 20 heavy (non-hydrogen) atoms. The number of halogens is 1. The van der Waals surface area contributed by atoms with Gasteiger partial charge in [0.2, 0.25) is 5.88 Å². The summed E-state index contributed by atoms with van der Waals surface area (Å²) in [6, 6.07) is 10.0.